The highest BCUT2D eigenvalue weighted by molar-refractivity contribution is 5.87. The Morgan fingerprint density at radius 2 is 2.17 bits per heavy atom. The molecular weight excluding hydrogens is 224 g/mol. The molecule has 3 nitrogen and oxygen atoms in total. The summed E-state index contributed by atoms with van der Waals surface area (Å²) in [4.78, 5) is 14.2. The first kappa shape index (κ1) is 13.1. The van der Waals surface area contributed by atoms with Crippen LogP contribution in [-0.2, 0) is 11.3 Å². The first-order valence-corrected chi connectivity index (χ1v) is 6.69. The minimum atomic E-state index is -0.583. The van der Waals surface area contributed by atoms with Gasteiger partial charge in [-0.25, -0.2) is 0 Å². The third-order valence-electron chi connectivity index (χ3n) is 3.80. The number of hydrogen-bond donors (Lipinski definition) is 1. The van der Waals surface area contributed by atoms with Crippen molar-refractivity contribution in [2.45, 2.75) is 45.2 Å². The van der Waals surface area contributed by atoms with Gasteiger partial charge in [-0.15, -0.1) is 0 Å². The van der Waals surface area contributed by atoms with Crippen LogP contribution in [0.15, 0.2) is 24.3 Å². The Balaban J connectivity index is 2.07. The Bertz CT molecular complexity index is 438. The molecule has 1 amide bonds. The smallest absolute Gasteiger partial charge is 0.242 e. The highest BCUT2D eigenvalue weighted by atomic mass is 16.2. The molecule has 0 heterocycles. The average Bonchev–Trinajstić information content (AvgIpc) is 2.32. The molecule has 1 saturated carbocycles. The zero-order chi connectivity index (χ0) is 13.2. The summed E-state index contributed by atoms with van der Waals surface area (Å²) in [5, 5.41) is 0. The number of carbonyl (C=O) groups is 1. The summed E-state index contributed by atoms with van der Waals surface area (Å²) in [7, 11) is 0. The number of hydrogen-bond acceptors (Lipinski definition) is 2. The van der Waals surface area contributed by atoms with Crippen molar-refractivity contribution in [2.24, 2.45) is 5.73 Å². The minimum absolute atomic E-state index is 0.109. The highest BCUT2D eigenvalue weighted by Gasteiger charge is 2.42. The molecule has 18 heavy (non-hydrogen) atoms. The Kier molecular flexibility index (Phi) is 3.71. The van der Waals surface area contributed by atoms with Gasteiger partial charge in [0.15, 0.2) is 0 Å². The fraction of sp³-hybridized carbons (Fsp3) is 0.533. The molecule has 0 saturated heterocycles. The van der Waals surface area contributed by atoms with E-state index >= 15 is 0 Å². The largest absolute Gasteiger partial charge is 0.337 e. The number of nitrogens with two attached hydrogens (primary N) is 1. The molecule has 0 atom stereocenters. The second kappa shape index (κ2) is 5.11. The number of nitrogens with zero attached hydrogens (tertiary/aromatic N) is 1. The maximum atomic E-state index is 12.4. The number of rotatable bonds is 4. The van der Waals surface area contributed by atoms with Crippen LogP contribution in [-0.4, -0.2) is 22.9 Å². The molecule has 0 spiro atoms. The minimum Gasteiger partial charge on any atom is -0.337 e. The summed E-state index contributed by atoms with van der Waals surface area (Å²) < 4.78 is 0. The molecule has 0 unspecified atom stereocenters. The average molecular weight is 246 g/mol. The van der Waals surface area contributed by atoms with Gasteiger partial charge in [0.2, 0.25) is 5.91 Å². The maximum Gasteiger partial charge on any atom is 0.242 e. The lowest BCUT2D eigenvalue weighted by Gasteiger charge is -2.40. The van der Waals surface area contributed by atoms with Crippen LogP contribution in [0.2, 0.25) is 0 Å². The molecule has 2 N–H and O–H groups in total. The van der Waals surface area contributed by atoms with Crippen molar-refractivity contribution in [3.63, 3.8) is 0 Å². The van der Waals surface area contributed by atoms with E-state index < -0.39 is 5.54 Å². The Morgan fingerprint density at radius 3 is 2.67 bits per heavy atom. The predicted molar refractivity (Wildman–Crippen MR) is 73.0 cm³/mol. The van der Waals surface area contributed by atoms with Crippen LogP contribution in [0.25, 0.3) is 0 Å². The molecule has 1 fully saturated rings. The fourth-order valence-electron chi connectivity index (χ4n) is 2.44. The van der Waals surface area contributed by atoms with Crippen LogP contribution in [0.3, 0.4) is 0 Å². The van der Waals surface area contributed by atoms with Crippen molar-refractivity contribution in [1.29, 1.82) is 0 Å². The normalized spacial score (nSPS) is 17.1. The van der Waals surface area contributed by atoms with Gasteiger partial charge >= 0.3 is 0 Å². The standard InChI is InChI=1S/C15H22N2O/c1-3-17(14(18)15(16)8-5-9-15)11-13-7-4-6-12(2)10-13/h4,6-7,10H,3,5,8-9,11,16H2,1-2H3. The van der Waals surface area contributed by atoms with Crippen molar-refractivity contribution in [3.05, 3.63) is 35.4 Å². The van der Waals surface area contributed by atoms with Gasteiger partial charge in [-0.3, -0.25) is 4.79 Å². The van der Waals surface area contributed by atoms with Gasteiger partial charge in [0.1, 0.15) is 0 Å². The topological polar surface area (TPSA) is 46.3 Å². The van der Waals surface area contributed by atoms with E-state index in [0.29, 0.717) is 13.1 Å². The summed E-state index contributed by atoms with van der Waals surface area (Å²) >= 11 is 0. The molecule has 1 aromatic rings. The van der Waals surface area contributed by atoms with E-state index in [1.54, 1.807) is 0 Å². The summed E-state index contributed by atoms with van der Waals surface area (Å²) in [6.07, 6.45) is 2.73. The number of likely N-dealkylation sites (N-methyl/N-ethyl adjacent to an activating group) is 1. The molecular formula is C15H22N2O. The van der Waals surface area contributed by atoms with Gasteiger partial charge in [-0.1, -0.05) is 29.8 Å². The van der Waals surface area contributed by atoms with Crippen LogP contribution in [0, 0.1) is 6.92 Å². The molecule has 2 rings (SSSR count). The quantitative estimate of drug-likeness (QED) is 0.885. The summed E-state index contributed by atoms with van der Waals surface area (Å²) in [6, 6.07) is 8.29. The second-order valence-electron chi connectivity index (χ2n) is 5.32. The van der Waals surface area contributed by atoms with Crippen molar-refractivity contribution in [1.82, 2.24) is 4.90 Å². The second-order valence-corrected chi connectivity index (χ2v) is 5.32. The zero-order valence-electron chi connectivity index (χ0n) is 11.3. The van der Waals surface area contributed by atoms with Gasteiger partial charge in [0.05, 0.1) is 5.54 Å². The molecule has 1 aliphatic rings. The van der Waals surface area contributed by atoms with Gasteiger partial charge in [-0.2, -0.15) is 0 Å². The highest BCUT2D eigenvalue weighted by Crippen LogP contribution is 2.31. The fourth-order valence-corrected chi connectivity index (χ4v) is 2.44. The predicted octanol–water partition coefficient (Wildman–Crippen LogP) is 2.22. The van der Waals surface area contributed by atoms with Crippen molar-refractivity contribution in [3.8, 4) is 0 Å². The Hall–Kier alpha value is -1.35. The van der Waals surface area contributed by atoms with E-state index in [4.69, 9.17) is 5.73 Å². The Morgan fingerprint density at radius 1 is 1.44 bits per heavy atom. The van der Waals surface area contributed by atoms with Crippen LogP contribution < -0.4 is 5.73 Å². The monoisotopic (exact) mass is 246 g/mol. The van der Waals surface area contributed by atoms with Gasteiger partial charge in [-0.05, 0) is 38.7 Å². The lowest BCUT2D eigenvalue weighted by molar-refractivity contribution is -0.140. The molecule has 0 aliphatic heterocycles. The van der Waals surface area contributed by atoms with E-state index in [1.165, 1.54) is 11.1 Å². The number of aryl methyl sites for hydroxylation is 1. The van der Waals surface area contributed by atoms with Crippen LogP contribution in [0.1, 0.15) is 37.3 Å². The van der Waals surface area contributed by atoms with Crippen molar-refractivity contribution >= 4 is 5.91 Å². The number of benzene rings is 1. The van der Waals surface area contributed by atoms with Crippen LogP contribution in [0.4, 0.5) is 0 Å². The summed E-state index contributed by atoms with van der Waals surface area (Å²) in [6.45, 7) is 5.45. The van der Waals surface area contributed by atoms with Gasteiger partial charge < -0.3 is 10.6 Å². The molecule has 0 bridgehead atoms. The zero-order valence-corrected chi connectivity index (χ0v) is 11.3. The summed E-state index contributed by atoms with van der Waals surface area (Å²) in [5.74, 6) is 0.109. The van der Waals surface area contributed by atoms with E-state index in [2.05, 4.69) is 25.1 Å². The summed E-state index contributed by atoms with van der Waals surface area (Å²) in [5.41, 5.74) is 7.93. The van der Waals surface area contributed by atoms with Crippen LogP contribution in [0.5, 0.6) is 0 Å². The third kappa shape index (κ3) is 2.56. The molecule has 3 heteroatoms. The van der Waals surface area contributed by atoms with Crippen molar-refractivity contribution in [2.75, 3.05) is 6.54 Å². The van der Waals surface area contributed by atoms with E-state index in [1.807, 2.05) is 17.9 Å². The first-order chi connectivity index (χ1) is 8.55. The maximum absolute atomic E-state index is 12.4. The number of amides is 1. The van der Waals surface area contributed by atoms with Crippen molar-refractivity contribution < 1.29 is 4.79 Å². The van der Waals surface area contributed by atoms with Crippen LogP contribution >= 0.6 is 0 Å². The van der Waals surface area contributed by atoms with Gasteiger partial charge in [0, 0.05) is 13.1 Å². The lowest BCUT2D eigenvalue weighted by atomic mass is 9.76. The first-order valence-electron chi connectivity index (χ1n) is 6.69. The van der Waals surface area contributed by atoms with Gasteiger partial charge in [0.25, 0.3) is 0 Å². The molecule has 98 valence electrons. The molecule has 1 aliphatic carbocycles. The molecule has 0 radical (unpaired) electrons. The number of carbonyl (C=O) groups excluding carboxylic acids is 1. The molecule has 0 aromatic heterocycles. The SMILES string of the molecule is CCN(Cc1cccc(C)c1)C(=O)C1(N)CCC1. The van der Waals surface area contributed by atoms with E-state index in [0.717, 1.165) is 19.3 Å². The lowest BCUT2D eigenvalue weighted by Crippen LogP contribution is -2.59. The van der Waals surface area contributed by atoms with E-state index in [9.17, 15) is 4.79 Å². The third-order valence-corrected chi connectivity index (χ3v) is 3.80. The molecule has 1 aromatic carbocycles. The Labute approximate surface area is 109 Å². The van der Waals surface area contributed by atoms with E-state index in [-0.39, 0.29) is 5.91 Å².